The number of carbonyl (C=O) groups excluding carboxylic acids is 1. The standard InChI is InChI=1S/C23H25NO4/c1-15-7-4-5-8-17(15)12-20-21(25)19-11-18-13-24(9-6-10-26-3)14-27-22(18)16(2)23(19)28-20/h4-5,7-8,11-12H,6,9-10,13-14H2,1-3H3/b20-12-. The topological polar surface area (TPSA) is 48.0 Å². The second-order valence-electron chi connectivity index (χ2n) is 7.34. The molecule has 5 heteroatoms. The molecule has 0 atom stereocenters. The zero-order chi connectivity index (χ0) is 19.7. The summed E-state index contributed by atoms with van der Waals surface area (Å²) >= 11 is 0. The second-order valence-corrected chi connectivity index (χ2v) is 7.34. The van der Waals surface area contributed by atoms with Gasteiger partial charge in [-0.1, -0.05) is 24.3 Å². The predicted molar refractivity (Wildman–Crippen MR) is 108 cm³/mol. The zero-order valence-electron chi connectivity index (χ0n) is 16.6. The number of carbonyl (C=O) groups is 1. The number of fused-ring (bicyclic) bond motifs is 2. The lowest BCUT2D eigenvalue weighted by atomic mass is 9.99. The van der Waals surface area contributed by atoms with Gasteiger partial charge < -0.3 is 14.2 Å². The van der Waals surface area contributed by atoms with Gasteiger partial charge in [0.15, 0.2) is 5.76 Å². The summed E-state index contributed by atoms with van der Waals surface area (Å²) < 4.78 is 17.1. The van der Waals surface area contributed by atoms with Gasteiger partial charge in [0.2, 0.25) is 5.78 Å². The highest BCUT2D eigenvalue weighted by Gasteiger charge is 2.33. The van der Waals surface area contributed by atoms with Crippen LogP contribution in [0.2, 0.25) is 0 Å². The summed E-state index contributed by atoms with van der Waals surface area (Å²) in [5.74, 6) is 1.76. The van der Waals surface area contributed by atoms with Crippen LogP contribution in [0.15, 0.2) is 36.1 Å². The average Bonchev–Trinajstić information content (AvgIpc) is 3.00. The lowest BCUT2D eigenvalue weighted by molar-refractivity contribution is 0.0826. The molecule has 0 amide bonds. The molecule has 2 aliphatic rings. The van der Waals surface area contributed by atoms with Crippen LogP contribution in [0.1, 0.15) is 39.0 Å². The van der Waals surface area contributed by atoms with Crippen LogP contribution in [-0.4, -0.2) is 37.7 Å². The normalized spacial score (nSPS) is 17.2. The molecule has 0 N–H and O–H groups in total. The number of ether oxygens (including phenoxy) is 3. The monoisotopic (exact) mass is 379 g/mol. The molecule has 0 saturated carbocycles. The van der Waals surface area contributed by atoms with Crippen LogP contribution in [0.4, 0.5) is 0 Å². The number of hydrogen-bond acceptors (Lipinski definition) is 5. The highest BCUT2D eigenvalue weighted by molar-refractivity contribution is 6.15. The fraction of sp³-hybridized carbons (Fsp3) is 0.348. The molecule has 0 aliphatic carbocycles. The first-order chi connectivity index (χ1) is 13.6. The van der Waals surface area contributed by atoms with Crippen molar-refractivity contribution in [2.24, 2.45) is 0 Å². The first-order valence-electron chi connectivity index (χ1n) is 9.59. The van der Waals surface area contributed by atoms with Gasteiger partial charge >= 0.3 is 0 Å². The highest BCUT2D eigenvalue weighted by atomic mass is 16.5. The van der Waals surface area contributed by atoms with Crippen molar-refractivity contribution in [1.29, 1.82) is 0 Å². The van der Waals surface area contributed by atoms with E-state index in [1.54, 1.807) is 7.11 Å². The van der Waals surface area contributed by atoms with Crippen molar-refractivity contribution in [3.8, 4) is 11.5 Å². The number of nitrogens with zero attached hydrogens (tertiary/aromatic N) is 1. The molecule has 0 radical (unpaired) electrons. The van der Waals surface area contributed by atoms with Gasteiger partial charge in [-0.25, -0.2) is 0 Å². The molecule has 2 aliphatic heterocycles. The summed E-state index contributed by atoms with van der Waals surface area (Å²) in [6.07, 6.45) is 2.78. The quantitative estimate of drug-likeness (QED) is 0.578. The zero-order valence-corrected chi connectivity index (χ0v) is 16.6. The van der Waals surface area contributed by atoms with Gasteiger partial charge in [-0.2, -0.15) is 0 Å². The summed E-state index contributed by atoms with van der Waals surface area (Å²) in [6, 6.07) is 9.89. The molecule has 5 nitrogen and oxygen atoms in total. The van der Waals surface area contributed by atoms with Crippen molar-refractivity contribution >= 4 is 11.9 Å². The Kier molecular flexibility index (Phi) is 5.20. The lowest BCUT2D eigenvalue weighted by Crippen LogP contribution is -2.33. The molecule has 0 bridgehead atoms. The second kappa shape index (κ2) is 7.78. The number of Topliss-reactive ketones (excluding diaryl/α,β-unsaturated/α-hetero) is 1. The molecule has 2 aromatic carbocycles. The molecule has 2 heterocycles. The van der Waals surface area contributed by atoms with E-state index in [0.29, 0.717) is 23.8 Å². The van der Waals surface area contributed by atoms with E-state index in [0.717, 1.165) is 54.1 Å². The van der Waals surface area contributed by atoms with Crippen LogP contribution in [0.5, 0.6) is 11.5 Å². The molecule has 0 fully saturated rings. The van der Waals surface area contributed by atoms with E-state index in [2.05, 4.69) is 4.90 Å². The van der Waals surface area contributed by atoms with Gasteiger partial charge in [0.1, 0.15) is 18.2 Å². The first kappa shape index (κ1) is 18.7. The highest BCUT2D eigenvalue weighted by Crippen LogP contribution is 2.43. The van der Waals surface area contributed by atoms with Gasteiger partial charge in [0.25, 0.3) is 0 Å². The van der Waals surface area contributed by atoms with Crippen molar-refractivity contribution < 1.29 is 19.0 Å². The molecule has 0 saturated heterocycles. The van der Waals surface area contributed by atoms with E-state index < -0.39 is 0 Å². The van der Waals surface area contributed by atoms with E-state index in [-0.39, 0.29) is 5.78 Å². The summed E-state index contributed by atoms with van der Waals surface area (Å²) in [5, 5.41) is 0. The number of ketones is 1. The summed E-state index contributed by atoms with van der Waals surface area (Å²) in [5.41, 5.74) is 4.65. The van der Waals surface area contributed by atoms with Crippen LogP contribution < -0.4 is 9.47 Å². The Bertz CT molecular complexity index is 948. The summed E-state index contributed by atoms with van der Waals surface area (Å²) in [6.45, 7) is 6.91. The molecule has 146 valence electrons. The van der Waals surface area contributed by atoms with Crippen molar-refractivity contribution in [1.82, 2.24) is 4.90 Å². The minimum Gasteiger partial charge on any atom is -0.477 e. The molecule has 0 unspecified atom stereocenters. The Morgan fingerprint density at radius 1 is 1.21 bits per heavy atom. The number of aryl methyl sites for hydroxylation is 1. The van der Waals surface area contributed by atoms with Crippen LogP contribution in [0.3, 0.4) is 0 Å². The number of rotatable bonds is 5. The van der Waals surface area contributed by atoms with Crippen molar-refractivity contribution in [2.75, 3.05) is 27.0 Å². The number of hydrogen-bond donors (Lipinski definition) is 0. The molecular formula is C23H25NO4. The number of methoxy groups -OCH3 is 1. The SMILES string of the molecule is COCCCN1COc2c(cc3c(c2C)O/C(=C\c2ccccc2C)C3=O)C1. The minimum atomic E-state index is -0.0688. The van der Waals surface area contributed by atoms with Gasteiger partial charge in [0.05, 0.1) is 5.56 Å². The van der Waals surface area contributed by atoms with Crippen LogP contribution in [-0.2, 0) is 11.3 Å². The van der Waals surface area contributed by atoms with E-state index in [9.17, 15) is 4.79 Å². The Hall–Kier alpha value is -2.63. The van der Waals surface area contributed by atoms with E-state index >= 15 is 0 Å². The first-order valence-corrected chi connectivity index (χ1v) is 9.59. The van der Waals surface area contributed by atoms with Crippen molar-refractivity contribution in [3.63, 3.8) is 0 Å². The maximum absolute atomic E-state index is 13.0. The van der Waals surface area contributed by atoms with Gasteiger partial charge in [-0.15, -0.1) is 0 Å². The Balaban J connectivity index is 1.62. The Labute approximate surface area is 165 Å². The molecule has 0 aromatic heterocycles. The van der Waals surface area contributed by atoms with Crippen LogP contribution in [0.25, 0.3) is 6.08 Å². The lowest BCUT2D eigenvalue weighted by Gasteiger charge is -2.30. The molecule has 2 aromatic rings. The molecule has 28 heavy (non-hydrogen) atoms. The number of benzene rings is 2. The number of allylic oxidation sites excluding steroid dienone is 1. The van der Waals surface area contributed by atoms with Crippen LogP contribution >= 0.6 is 0 Å². The van der Waals surface area contributed by atoms with Gasteiger partial charge in [0, 0.05) is 37.9 Å². The van der Waals surface area contributed by atoms with Crippen molar-refractivity contribution in [3.05, 3.63) is 63.9 Å². The fourth-order valence-electron chi connectivity index (χ4n) is 3.76. The predicted octanol–water partition coefficient (Wildman–Crippen LogP) is 4.11. The third-order valence-electron chi connectivity index (χ3n) is 5.30. The minimum absolute atomic E-state index is 0.0688. The fourth-order valence-corrected chi connectivity index (χ4v) is 3.76. The Morgan fingerprint density at radius 3 is 2.82 bits per heavy atom. The summed E-state index contributed by atoms with van der Waals surface area (Å²) in [4.78, 5) is 15.2. The average molecular weight is 379 g/mol. The van der Waals surface area contributed by atoms with E-state index in [1.165, 1.54) is 0 Å². The third-order valence-corrected chi connectivity index (χ3v) is 5.30. The molecule has 4 rings (SSSR count). The summed E-state index contributed by atoms with van der Waals surface area (Å²) in [7, 11) is 1.71. The largest absolute Gasteiger partial charge is 0.477 e. The van der Waals surface area contributed by atoms with Crippen LogP contribution in [0, 0.1) is 13.8 Å². The molecular weight excluding hydrogens is 354 g/mol. The van der Waals surface area contributed by atoms with Crippen molar-refractivity contribution in [2.45, 2.75) is 26.8 Å². The van der Waals surface area contributed by atoms with E-state index in [4.69, 9.17) is 14.2 Å². The van der Waals surface area contributed by atoms with Gasteiger partial charge in [-0.3, -0.25) is 9.69 Å². The van der Waals surface area contributed by atoms with Gasteiger partial charge in [-0.05, 0) is 43.5 Å². The smallest absolute Gasteiger partial charge is 0.231 e. The maximum Gasteiger partial charge on any atom is 0.231 e. The maximum atomic E-state index is 13.0. The molecule has 0 spiro atoms. The third kappa shape index (κ3) is 3.43. The Morgan fingerprint density at radius 2 is 2.04 bits per heavy atom. The van der Waals surface area contributed by atoms with E-state index in [1.807, 2.05) is 50.3 Å².